The number of benzene rings is 2. The largest absolute Gasteiger partial charge is 0.456 e. The number of nitro benzene ring substituents is 1. The number of aromatic nitrogens is 1. The molecule has 3 aromatic rings. The Labute approximate surface area is 146 Å². The molecule has 1 heterocycles. The molecular formula is C16H12N2O4S2. The average molecular weight is 360 g/mol. The number of fused-ring (bicyclic) bond motifs is 1. The normalized spacial score (nSPS) is 10.5. The third kappa shape index (κ3) is 4.03. The van der Waals surface area contributed by atoms with Crippen LogP contribution in [0.5, 0.6) is 5.19 Å². The number of nitro groups is 1. The van der Waals surface area contributed by atoms with E-state index in [1.165, 1.54) is 23.5 Å². The van der Waals surface area contributed by atoms with Gasteiger partial charge >= 0.3 is 5.24 Å². The zero-order valence-electron chi connectivity index (χ0n) is 12.4. The van der Waals surface area contributed by atoms with Gasteiger partial charge in [-0.15, -0.1) is 0 Å². The van der Waals surface area contributed by atoms with Crippen LogP contribution in [0.4, 0.5) is 5.69 Å². The topological polar surface area (TPSA) is 74.5 Å². The van der Waals surface area contributed by atoms with Crippen molar-refractivity contribution >= 4 is 44.7 Å². The molecule has 122 valence electrons. The van der Waals surface area contributed by atoms with Crippen molar-refractivity contribution in [2.75, 3.05) is 6.61 Å². The van der Waals surface area contributed by atoms with Gasteiger partial charge in [-0.1, -0.05) is 41.7 Å². The molecule has 0 amide bonds. The Morgan fingerprint density at radius 2 is 2.04 bits per heavy atom. The minimum absolute atomic E-state index is 0.0133. The number of hydrogen-bond donors (Lipinski definition) is 0. The summed E-state index contributed by atoms with van der Waals surface area (Å²) >= 11 is 6.22. The molecule has 1 aromatic heterocycles. The maximum atomic E-state index is 10.8. The summed E-state index contributed by atoms with van der Waals surface area (Å²) in [5, 5.41) is 11.1. The Kier molecular flexibility index (Phi) is 4.97. The molecule has 0 aliphatic carbocycles. The van der Waals surface area contributed by atoms with Crippen LogP contribution in [0.2, 0.25) is 0 Å². The van der Waals surface area contributed by atoms with Gasteiger partial charge in [0.1, 0.15) is 0 Å². The van der Waals surface area contributed by atoms with Crippen LogP contribution in [-0.2, 0) is 11.2 Å². The summed E-state index contributed by atoms with van der Waals surface area (Å²) in [5.74, 6) is 0. The van der Waals surface area contributed by atoms with Crippen LogP contribution in [0, 0.1) is 10.1 Å². The number of rotatable bonds is 5. The van der Waals surface area contributed by atoms with Crippen LogP contribution in [0.1, 0.15) is 5.56 Å². The first-order valence-corrected chi connectivity index (χ1v) is 8.28. The van der Waals surface area contributed by atoms with Crippen LogP contribution in [0.15, 0.2) is 48.5 Å². The van der Waals surface area contributed by atoms with Gasteiger partial charge in [0.25, 0.3) is 10.9 Å². The van der Waals surface area contributed by atoms with Crippen LogP contribution < -0.4 is 4.74 Å². The molecule has 0 saturated carbocycles. The zero-order chi connectivity index (χ0) is 16.9. The second kappa shape index (κ2) is 7.33. The Bertz CT molecular complexity index is 880. The molecule has 8 heteroatoms. The number of nitrogens with zero attached hydrogens (tertiary/aromatic N) is 2. The Morgan fingerprint density at radius 3 is 2.79 bits per heavy atom. The fraction of sp³-hybridized carbons (Fsp3) is 0.125. The van der Waals surface area contributed by atoms with E-state index in [2.05, 4.69) is 4.98 Å². The van der Waals surface area contributed by atoms with Gasteiger partial charge < -0.3 is 9.47 Å². The first-order valence-electron chi connectivity index (χ1n) is 7.05. The Balaban J connectivity index is 1.58. The SMILES string of the molecule is O=[N+]([O-])c1ccc2nc(OC(=S)OCCc3ccccc3)sc2c1. The molecule has 0 unspecified atom stereocenters. The van der Waals surface area contributed by atoms with Crippen molar-refractivity contribution in [1.82, 2.24) is 4.98 Å². The number of ether oxygens (including phenoxy) is 2. The van der Waals surface area contributed by atoms with E-state index in [9.17, 15) is 10.1 Å². The molecule has 0 bridgehead atoms. The third-order valence-electron chi connectivity index (χ3n) is 3.19. The number of thiazole rings is 1. The molecule has 6 nitrogen and oxygen atoms in total. The second-order valence-corrected chi connectivity index (χ2v) is 6.15. The zero-order valence-corrected chi connectivity index (χ0v) is 14.0. The number of hydrogen-bond acceptors (Lipinski definition) is 7. The fourth-order valence-electron chi connectivity index (χ4n) is 2.05. The van der Waals surface area contributed by atoms with E-state index in [-0.39, 0.29) is 10.9 Å². The highest BCUT2D eigenvalue weighted by Gasteiger charge is 2.12. The van der Waals surface area contributed by atoms with Crippen molar-refractivity contribution in [3.8, 4) is 5.19 Å². The lowest BCUT2D eigenvalue weighted by Crippen LogP contribution is -2.12. The second-order valence-electron chi connectivity index (χ2n) is 4.83. The van der Waals surface area contributed by atoms with Crippen LogP contribution in [0.25, 0.3) is 10.2 Å². The fourth-order valence-corrected chi connectivity index (χ4v) is 3.11. The molecule has 0 aliphatic rings. The summed E-state index contributed by atoms with van der Waals surface area (Å²) in [7, 11) is 0. The average Bonchev–Trinajstić information content (AvgIpc) is 2.96. The summed E-state index contributed by atoms with van der Waals surface area (Å²) in [6, 6.07) is 14.3. The van der Waals surface area contributed by atoms with Gasteiger partial charge in [-0.3, -0.25) is 10.1 Å². The molecule has 0 aliphatic heterocycles. The van der Waals surface area contributed by atoms with Gasteiger partial charge in [-0.25, -0.2) is 4.98 Å². The van der Waals surface area contributed by atoms with Crippen molar-refractivity contribution in [3.63, 3.8) is 0 Å². The number of non-ortho nitro benzene ring substituents is 1. The molecule has 0 radical (unpaired) electrons. The van der Waals surface area contributed by atoms with E-state index in [0.29, 0.717) is 22.0 Å². The molecule has 24 heavy (non-hydrogen) atoms. The highest BCUT2D eigenvalue weighted by atomic mass is 32.1. The molecule has 0 atom stereocenters. The molecular weight excluding hydrogens is 348 g/mol. The quantitative estimate of drug-likeness (QED) is 0.387. The van der Waals surface area contributed by atoms with Crippen molar-refractivity contribution < 1.29 is 14.4 Å². The van der Waals surface area contributed by atoms with E-state index in [1.807, 2.05) is 30.3 Å². The molecule has 0 N–H and O–H groups in total. The maximum absolute atomic E-state index is 10.8. The summed E-state index contributed by atoms with van der Waals surface area (Å²) < 4.78 is 11.4. The highest BCUT2D eigenvalue weighted by Crippen LogP contribution is 2.30. The van der Waals surface area contributed by atoms with Gasteiger partial charge in [0.2, 0.25) is 0 Å². The minimum atomic E-state index is -0.447. The van der Waals surface area contributed by atoms with E-state index >= 15 is 0 Å². The molecule has 2 aromatic carbocycles. The highest BCUT2D eigenvalue weighted by molar-refractivity contribution is 7.79. The first kappa shape index (κ1) is 16.3. The van der Waals surface area contributed by atoms with Crippen molar-refractivity contribution in [2.24, 2.45) is 0 Å². The van der Waals surface area contributed by atoms with E-state index in [4.69, 9.17) is 21.7 Å². The van der Waals surface area contributed by atoms with E-state index < -0.39 is 4.92 Å². The van der Waals surface area contributed by atoms with Gasteiger partial charge in [0.15, 0.2) is 0 Å². The first-order chi connectivity index (χ1) is 11.6. The van der Waals surface area contributed by atoms with Gasteiger partial charge in [0, 0.05) is 30.8 Å². The van der Waals surface area contributed by atoms with Crippen LogP contribution >= 0.6 is 23.6 Å². The predicted molar refractivity (Wildman–Crippen MR) is 95.6 cm³/mol. The summed E-state index contributed by atoms with van der Waals surface area (Å²) in [6.45, 7) is 0.402. The number of thiocarbonyl (C=S) groups is 1. The van der Waals surface area contributed by atoms with Crippen molar-refractivity contribution in [2.45, 2.75) is 6.42 Å². The van der Waals surface area contributed by atoms with Gasteiger partial charge in [-0.05, 0) is 11.6 Å². The monoisotopic (exact) mass is 360 g/mol. The molecule has 0 fully saturated rings. The van der Waals surface area contributed by atoms with Crippen molar-refractivity contribution in [1.29, 1.82) is 0 Å². The van der Waals surface area contributed by atoms with E-state index in [1.54, 1.807) is 6.07 Å². The van der Waals surface area contributed by atoms with Crippen LogP contribution in [0.3, 0.4) is 0 Å². The molecule has 0 spiro atoms. The van der Waals surface area contributed by atoms with Crippen LogP contribution in [-0.4, -0.2) is 21.8 Å². The Hall–Kier alpha value is -2.58. The molecule has 0 saturated heterocycles. The summed E-state index contributed by atoms with van der Waals surface area (Å²) in [4.78, 5) is 14.6. The van der Waals surface area contributed by atoms with Gasteiger partial charge in [0.05, 0.1) is 21.7 Å². The Morgan fingerprint density at radius 1 is 1.25 bits per heavy atom. The summed E-state index contributed by atoms with van der Waals surface area (Å²) in [5.41, 5.74) is 1.78. The standard InChI is InChI=1S/C16H12N2O4S2/c19-18(20)12-6-7-13-14(10-12)24-15(17-13)22-16(23)21-9-8-11-4-2-1-3-5-11/h1-7,10H,8-9H2. The van der Waals surface area contributed by atoms with Crippen molar-refractivity contribution in [3.05, 3.63) is 64.2 Å². The lowest BCUT2D eigenvalue weighted by atomic mass is 10.2. The van der Waals surface area contributed by atoms with Gasteiger partial charge in [-0.2, -0.15) is 0 Å². The third-order valence-corrected chi connectivity index (χ3v) is 4.28. The summed E-state index contributed by atoms with van der Waals surface area (Å²) in [6.07, 6.45) is 0.719. The smallest absolute Gasteiger partial charge is 0.359 e. The minimum Gasteiger partial charge on any atom is -0.456 e. The maximum Gasteiger partial charge on any atom is 0.359 e. The lowest BCUT2D eigenvalue weighted by Gasteiger charge is -2.06. The van der Waals surface area contributed by atoms with E-state index in [0.717, 1.165) is 12.0 Å². The molecule has 3 rings (SSSR count). The lowest BCUT2D eigenvalue weighted by molar-refractivity contribution is -0.384. The predicted octanol–water partition coefficient (Wildman–Crippen LogP) is 4.13.